The Morgan fingerprint density at radius 2 is 1.84 bits per heavy atom. The first-order valence-electron chi connectivity index (χ1n) is 12.8. The monoisotopic (exact) mass is 540 g/mol. The second-order valence-electron chi connectivity index (χ2n) is 9.96. The highest BCUT2D eigenvalue weighted by Crippen LogP contribution is 2.43. The van der Waals surface area contributed by atoms with Crippen LogP contribution in [0.15, 0.2) is 42.5 Å². The number of carbonyl (C=O) groups excluding carboxylic acids is 1. The van der Waals surface area contributed by atoms with E-state index >= 15 is 0 Å². The molecule has 1 amide bonds. The summed E-state index contributed by atoms with van der Waals surface area (Å²) in [6, 6.07) is 12.8. The molecule has 0 saturated heterocycles. The maximum atomic E-state index is 13.4. The summed E-state index contributed by atoms with van der Waals surface area (Å²) < 4.78 is 18.0. The fourth-order valence-corrected chi connectivity index (χ4v) is 6.35. The summed E-state index contributed by atoms with van der Waals surface area (Å²) in [4.78, 5) is 19.9. The molecule has 0 spiro atoms. The highest BCUT2D eigenvalue weighted by Gasteiger charge is 2.41. The van der Waals surface area contributed by atoms with Gasteiger partial charge < -0.3 is 19.3 Å². The molecule has 3 aliphatic rings. The molecule has 2 atom stereocenters. The second kappa shape index (κ2) is 10.2. The van der Waals surface area contributed by atoms with Crippen LogP contribution in [-0.4, -0.2) is 42.0 Å². The third kappa shape index (κ3) is 4.90. The van der Waals surface area contributed by atoms with E-state index in [1.807, 2.05) is 24.3 Å². The van der Waals surface area contributed by atoms with Crippen LogP contribution in [0.5, 0.6) is 17.4 Å². The zero-order valence-corrected chi connectivity index (χ0v) is 22.1. The fraction of sp³-hybridized carbons (Fsp3) is 0.429. The van der Waals surface area contributed by atoms with Gasteiger partial charge in [0, 0.05) is 16.7 Å². The van der Waals surface area contributed by atoms with Gasteiger partial charge in [-0.3, -0.25) is 9.69 Å². The molecule has 1 unspecified atom stereocenters. The van der Waals surface area contributed by atoms with E-state index in [1.165, 1.54) is 24.2 Å². The van der Waals surface area contributed by atoms with Gasteiger partial charge >= 0.3 is 0 Å². The maximum Gasteiger partial charge on any atom is 0.276 e. The summed E-state index contributed by atoms with van der Waals surface area (Å²) in [5.41, 5.74) is 1.52. The molecule has 2 fully saturated rings. The first kappa shape index (κ1) is 24.5. The van der Waals surface area contributed by atoms with Crippen LogP contribution in [0, 0.1) is 11.8 Å². The van der Waals surface area contributed by atoms with Crippen LogP contribution in [0.3, 0.4) is 0 Å². The molecule has 0 bridgehead atoms. The molecule has 3 aromatic rings. The van der Waals surface area contributed by atoms with Crippen LogP contribution in [0.25, 0.3) is 10.6 Å². The Morgan fingerprint density at radius 1 is 1.08 bits per heavy atom. The number of carbonyl (C=O) groups is 1. The van der Waals surface area contributed by atoms with Gasteiger partial charge in [0.1, 0.15) is 11.1 Å². The predicted molar refractivity (Wildman–Crippen MR) is 143 cm³/mol. The molecule has 2 aromatic carbocycles. The van der Waals surface area contributed by atoms with E-state index in [2.05, 4.69) is 4.98 Å². The number of nitrogens with zero attached hydrogens (tertiary/aromatic N) is 2. The lowest BCUT2D eigenvalue weighted by molar-refractivity contribution is -0.0116. The van der Waals surface area contributed by atoms with E-state index in [0.29, 0.717) is 49.8 Å². The molecule has 6 rings (SSSR count). The molecule has 2 heterocycles. The van der Waals surface area contributed by atoms with Crippen LogP contribution in [0.1, 0.15) is 48.2 Å². The zero-order valence-electron chi connectivity index (χ0n) is 20.6. The molecule has 37 heavy (non-hydrogen) atoms. The van der Waals surface area contributed by atoms with Crippen LogP contribution in [0.4, 0.5) is 5.69 Å². The number of thiazole rings is 1. The van der Waals surface area contributed by atoms with Gasteiger partial charge in [-0.2, -0.15) is 0 Å². The Balaban J connectivity index is 1.23. The van der Waals surface area contributed by atoms with E-state index in [4.69, 9.17) is 25.8 Å². The number of rotatable bonds is 8. The standard InChI is InChI=1S/C28H29ClN2O5S/c1-34-22-14-20(12-13-21(22)36-24(17-4-2-3-5-17)23(32)16-6-7-16)31-15-35-26-25(28(31)33)37-27(30-26)18-8-10-19(29)11-9-18/h8-14,16-17,23-24,32H,2-7,15H2,1H3/t23-,24?/m1/s1. The minimum Gasteiger partial charge on any atom is -0.493 e. The number of benzene rings is 2. The smallest absolute Gasteiger partial charge is 0.276 e. The molecule has 2 aliphatic carbocycles. The minimum atomic E-state index is -0.468. The van der Waals surface area contributed by atoms with Gasteiger partial charge in [-0.05, 0) is 61.8 Å². The Kier molecular flexibility index (Phi) is 6.73. The normalized spacial score (nSPS) is 19.3. The molecule has 194 valence electrons. The van der Waals surface area contributed by atoms with Crippen LogP contribution in [0.2, 0.25) is 5.02 Å². The number of fused-ring (bicyclic) bond motifs is 1. The quantitative estimate of drug-likeness (QED) is 0.367. The SMILES string of the molecule is COc1cc(N2COc3nc(-c4ccc(Cl)cc4)sc3C2=O)ccc1OC(C1CCCC1)[C@H](O)C1CC1. The van der Waals surface area contributed by atoms with Crippen molar-refractivity contribution in [2.45, 2.75) is 50.7 Å². The average Bonchev–Trinajstić information content (AvgIpc) is 3.44. The van der Waals surface area contributed by atoms with Crippen molar-refractivity contribution in [1.29, 1.82) is 0 Å². The number of halogens is 1. The maximum absolute atomic E-state index is 13.4. The van der Waals surface area contributed by atoms with Crippen LogP contribution >= 0.6 is 22.9 Å². The van der Waals surface area contributed by atoms with Crippen molar-refractivity contribution in [3.05, 3.63) is 52.4 Å². The average molecular weight is 541 g/mol. The molecule has 1 N–H and O–H groups in total. The lowest BCUT2D eigenvalue weighted by Crippen LogP contribution is -2.39. The topological polar surface area (TPSA) is 81.1 Å². The molecule has 9 heteroatoms. The Morgan fingerprint density at radius 3 is 2.54 bits per heavy atom. The van der Waals surface area contributed by atoms with Gasteiger partial charge in [0.15, 0.2) is 23.1 Å². The molecule has 7 nitrogen and oxygen atoms in total. The summed E-state index contributed by atoms with van der Waals surface area (Å²) in [5.74, 6) is 1.94. The van der Waals surface area contributed by atoms with E-state index in [-0.39, 0.29) is 18.7 Å². The molecular weight excluding hydrogens is 512 g/mol. The van der Waals surface area contributed by atoms with Crippen molar-refractivity contribution in [2.75, 3.05) is 18.7 Å². The highest BCUT2D eigenvalue weighted by molar-refractivity contribution is 7.17. The number of aliphatic hydroxyl groups is 1. The molecular formula is C28H29ClN2O5S. The summed E-state index contributed by atoms with van der Waals surface area (Å²) >= 11 is 7.30. The van der Waals surface area contributed by atoms with Gasteiger partial charge in [-0.15, -0.1) is 11.3 Å². The lowest BCUT2D eigenvalue weighted by Gasteiger charge is -2.30. The summed E-state index contributed by atoms with van der Waals surface area (Å²) in [5, 5.41) is 12.3. The van der Waals surface area contributed by atoms with Gasteiger partial charge in [-0.1, -0.05) is 36.6 Å². The minimum absolute atomic E-state index is 0.0457. The van der Waals surface area contributed by atoms with Crippen LogP contribution < -0.4 is 19.1 Å². The number of methoxy groups -OCH3 is 1. The van der Waals surface area contributed by atoms with Crippen molar-refractivity contribution in [3.8, 4) is 28.0 Å². The number of aromatic nitrogens is 1. The zero-order chi connectivity index (χ0) is 25.5. The first-order valence-corrected chi connectivity index (χ1v) is 14.0. The first-order chi connectivity index (χ1) is 18.0. The molecule has 1 aliphatic heterocycles. The van der Waals surface area contributed by atoms with Crippen LogP contribution in [-0.2, 0) is 0 Å². The van der Waals surface area contributed by atoms with Gasteiger partial charge in [0.2, 0.25) is 5.88 Å². The Hall–Kier alpha value is -2.81. The third-order valence-corrected chi connectivity index (χ3v) is 8.81. The van der Waals surface area contributed by atoms with E-state index in [9.17, 15) is 9.90 Å². The van der Waals surface area contributed by atoms with Crippen molar-refractivity contribution in [3.63, 3.8) is 0 Å². The van der Waals surface area contributed by atoms with Gasteiger partial charge in [0.25, 0.3) is 5.91 Å². The fourth-order valence-electron chi connectivity index (χ4n) is 5.26. The Labute approximate surface area is 224 Å². The number of anilines is 1. The highest BCUT2D eigenvalue weighted by atomic mass is 35.5. The van der Waals surface area contributed by atoms with E-state index in [0.717, 1.165) is 31.2 Å². The summed E-state index contributed by atoms with van der Waals surface area (Å²) in [6.45, 7) is 0.0457. The van der Waals surface area contributed by atoms with Gasteiger partial charge in [0.05, 0.1) is 18.9 Å². The number of aliphatic hydroxyl groups excluding tert-OH is 1. The van der Waals surface area contributed by atoms with Crippen molar-refractivity contribution >= 4 is 34.5 Å². The van der Waals surface area contributed by atoms with Gasteiger partial charge in [-0.25, -0.2) is 4.98 Å². The predicted octanol–water partition coefficient (Wildman–Crippen LogP) is 6.18. The summed E-state index contributed by atoms with van der Waals surface area (Å²) in [6.07, 6.45) is 5.89. The number of ether oxygens (including phenoxy) is 3. The molecule has 1 aromatic heterocycles. The number of amides is 1. The van der Waals surface area contributed by atoms with E-state index in [1.54, 1.807) is 30.2 Å². The third-order valence-electron chi connectivity index (χ3n) is 7.48. The lowest BCUT2D eigenvalue weighted by atomic mass is 9.93. The largest absolute Gasteiger partial charge is 0.493 e. The Bertz CT molecular complexity index is 1280. The van der Waals surface area contributed by atoms with Crippen molar-refractivity contribution in [1.82, 2.24) is 4.98 Å². The van der Waals surface area contributed by atoms with Crippen molar-refractivity contribution in [2.24, 2.45) is 11.8 Å². The van der Waals surface area contributed by atoms with E-state index < -0.39 is 6.10 Å². The number of hydrogen-bond donors (Lipinski definition) is 1. The summed E-state index contributed by atoms with van der Waals surface area (Å²) in [7, 11) is 1.59. The second-order valence-corrected chi connectivity index (χ2v) is 11.4. The van der Waals surface area contributed by atoms with Crippen molar-refractivity contribution < 1.29 is 24.1 Å². The number of hydrogen-bond acceptors (Lipinski definition) is 7. The molecule has 0 radical (unpaired) electrons. The molecule has 2 saturated carbocycles.